The largest absolute Gasteiger partial charge is 0.492 e. The van der Waals surface area contributed by atoms with Crippen molar-refractivity contribution < 1.29 is 4.74 Å². The third-order valence-corrected chi connectivity index (χ3v) is 3.65. The summed E-state index contributed by atoms with van der Waals surface area (Å²) in [4.78, 5) is 4.43. The molecule has 0 radical (unpaired) electrons. The fraction of sp³-hybridized carbons (Fsp3) is 0.333. The Morgan fingerprint density at radius 3 is 2.88 bits per heavy atom. The molecule has 24 heavy (non-hydrogen) atoms. The highest BCUT2D eigenvalue weighted by molar-refractivity contribution is 5.65. The number of nitrogens with one attached hydrogen (secondary N) is 2. The molecule has 0 amide bonds. The lowest BCUT2D eigenvalue weighted by Gasteiger charge is -2.09. The molecule has 1 aromatic carbocycles. The smallest absolute Gasteiger partial charge is 0.154 e. The Balaban J connectivity index is 1.85. The van der Waals surface area contributed by atoms with Crippen LogP contribution in [0.5, 0.6) is 5.75 Å². The van der Waals surface area contributed by atoms with Gasteiger partial charge in [0.15, 0.2) is 5.65 Å². The van der Waals surface area contributed by atoms with Gasteiger partial charge in [0.05, 0.1) is 11.9 Å². The first-order chi connectivity index (χ1) is 11.8. The molecule has 6 heteroatoms. The van der Waals surface area contributed by atoms with Gasteiger partial charge in [-0.15, -0.1) is 5.10 Å². The van der Waals surface area contributed by atoms with Crippen molar-refractivity contribution in [1.82, 2.24) is 19.9 Å². The first kappa shape index (κ1) is 16.3. The van der Waals surface area contributed by atoms with Crippen LogP contribution in [0.4, 0.5) is 5.82 Å². The van der Waals surface area contributed by atoms with E-state index < -0.39 is 0 Å². The van der Waals surface area contributed by atoms with Crippen LogP contribution in [0, 0.1) is 0 Å². The molecule has 126 valence electrons. The van der Waals surface area contributed by atoms with E-state index in [2.05, 4.69) is 34.6 Å². The first-order valence-electron chi connectivity index (χ1n) is 8.34. The number of rotatable bonds is 8. The van der Waals surface area contributed by atoms with Gasteiger partial charge in [0.1, 0.15) is 18.2 Å². The molecule has 3 rings (SSSR count). The van der Waals surface area contributed by atoms with Crippen LogP contribution in [0.25, 0.3) is 16.9 Å². The molecule has 2 N–H and O–H groups in total. The van der Waals surface area contributed by atoms with E-state index >= 15 is 0 Å². The van der Waals surface area contributed by atoms with Gasteiger partial charge in [0.2, 0.25) is 0 Å². The summed E-state index contributed by atoms with van der Waals surface area (Å²) in [6, 6.07) is 11.9. The van der Waals surface area contributed by atoms with Crippen molar-refractivity contribution in [3.8, 4) is 17.0 Å². The Bertz CT molecular complexity index is 799. The molecule has 0 saturated heterocycles. The van der Waals surface area contributed by atoms with E-state index in [-0.39, 0.29) is 0 Å². The van der Waals surface area contributed by atoms with E-state index in [0.29, 0.717) is 6.61 Å². The molecule has 0 fully saturated rings. The van der Waals surface area contributed by atoms with E-state index in [1.165, 1.54) is 0 Å². The maximum Gasteiger partial charge on any atom is 0.154 e. The SMILES string of the molecule is CCNCCOc1cccc(-c2cnc3ccc(NCC)nn23)c1. The van der Waals surface area contributed by atoms with Crippen LogP contribution < -0.4 is 15.4 Å². The number of anilines is 1. The van der Waals surface area contributed by atoms with Crippen molar-refractivity contribution in [2.75, 3.05) is 31.6 Å². The van der Waals surface area contributed by atoms with Crippen molar-refractivity contribution in [2.45, 2.75) is 13.8 Å². The minimum atomic E-state index is 0.646. The molecule has 0 unspecified atom stereocenters. The number of aromatic nitrogens is 3. The van der Waals surface area contributed by atoms with Crippen LogP contribution >= 0.6 is 0 Å². The van der Waals surface area contributed by atoms with Gasteiger partial charge in [-0.2, -0.15) is 0 Å². The van der Waals surface area contributed by atoms with Gasteiger partial charge in [0, 0.05) is 18.7 Å². The topological polar surface area (TPSA) is 63.5 Å². The molecule has 0 bridgehead atoms. The minimum absolute atomic E-state index is 0.646. The average Bonchev–Trinajstić information content (AvgIpc) is 3.03. The third kappa shape index (κ3) is 3.65. The monoisotopic (exact) mass is 325 g/mol. The van der Waals surface area contributed by atoms with Crippen molar-refractivity contribution in [1.29, 1.82) is 0 Å². The van der Waals surface area contributed by atoms with Crippen molar-refractivity contribution in [3.63, 3.8) is 0 Å². The van der Waals surface area contributed by atoms with Gasteiger partial charge < -0.3 is 15.4 Å². The van der Waals surface area contributed by atoms with E-state index in [9.17, 15) is 0 Å². The first-order valence-corrected chi connectivity index (χ1v) is 8.34. The summed E-state index contributed by atoms with van der Waals surface area (Å²) in [5.41, 5.74) is 2.80. The van der Waals surface area contributed by atoms with Crippen molar-refractivity contribution in [3.05, 3.63) is 42.6 Å². The minimum Gasteiger partial charge on any atom is -0.492 e. The van der Waals surface area contributed by atoms with Crippen molar-refractivity contribution >= 4 is 11.5 Å². The molecule has 2 heterocycles. The van der Waals surface area contributed by atoms with E-state index in [0.717, 1.165) is 48.1 Å². The van der Waals surface area contributed by atoms with Crippen LogP contribution in [-0.4, -0.2) is 40.8 Å². The highest BCUT2D eigenvalue weighted by Gasteiger charge is 2.09. The van der Waals surface area contributed by atoms with E-state index in [4.69, 9.17) is 4.74 Å². The lowest BCUT2D eigenvalue weighted by atomic mass is 10.1. The standard InChI is InChI=1S/C18H23N5O/c1-3-19-10-11-24-15-7-5-6-14(12-15)16-13-21-18-9-8-17(20-4-2)22-23(16)18/h5-9,12-13,19H,3-4,10-11H2,1-2H3,(H,20,22). The summed E-state index contributed by atoms with van der Waals surface area (Å²) < 4.78 is 7.65. The van der Waals surface area contributed by atoms with E-state index in [1.807, 2.05) is 47.1 Å². The fourth-order valence-corrected chi connectivity index (χ4v) is 2.51. The lowest BCUT2D eigenvalue weighted by molar-refractivity contribution is 0.315. The number of fused-ring (bicyclic) bond motifs is 1. The molecule has 0 atom stereocenters. The summed E-state index contributed by atoms with van der Waals surface area (Å²) in [6.07, 6.45) is 1.84. The van der Waals surface area contributed by atoms with E-state index in [1.54, 1.807) is 0 Å². The van der Waals surface area contributed by atoms with Gasteiger partial charge in [-0.3, -0.25) is 0 Å². The average molecular weight is 325 g/mol. The summed E-state index contributed by atoms with van der Waals surface area (Å²) in [5, 5.41) is 11.1. The van der Waals surface area contributed by atoms with Crippen molar-refractivity contribution in [2.24, 2.45) is 0 Å². The second-order valence-corrected chi connectivity index (χ2v) is 5.39. The Hall–Kier alpha value is -2.60. The molecule has 0 aliphatic heterocycles. The maximum atomic E-state index is 5.80. The molecular weight excluding hydrogens is 302 g/mol. The summed E-state index contributed by atoms with van der Waals surface area (Å²) >= 11 is 0. The number of nitrogens with zero attached hydrogens (tertiary/aromatic N) is 3. The van der Waals surface area contributed by atoms with Gasteiger partial charge in [-0.05, 0) is 37.7 Å². The number of ether oxygens (including phenoxy) is 1. The van der Waals surface area contributed by atoms with Gasteiger partial charge in [0.25, 0.3) is 0 Å². The molecule has 3 aromatic rings. The predicted molar refractivity (Wildman–Crippen MR) is 96.6 cm³/mol. The molecule has 0 spiro atoms. The molecular formula is C18H23N5O. The molecule has 0 aliphatic rings. The Labute approximate surface area is 141 Å². The highest BCUT2D eigenvalue weighted by Crippen LogP contribution is 2.24. The number of benzene rings is 1. The summed E-state index contributed by atoms with van der Waals surface area (Å²) in [5.74, 6) is 1.69. The zero-order chi connectivity index (χ0) is 16.8. The highest BCUT2D eigenvalue weighted by atomic mass is 16.5. The zero-order valence-electron chi connectivity index (χ0n) is 14.1. The van der Waals surface area contributed by atoms with Gasteiger partial charge >= 0.3 is 0 Å². The second kappa shape index (κ2) is 7.79. The molecule has 0 aliphatic carbocycles. The maximum absolute atomic E-state index is 5.80. The zero-order valence-corrected chi connectivity index (χ0v) is 14.1. The molecule has 2 aromatic heterocycles. The Kier molecular flexibility index (Phi) is 5.28. The fourth-order valence-electron chi connectivity index (χ4n) is 2.51. The number of hydrogen-bond acceptors (Lipinski definition) is 5. The van der Waals surface area contributed by atoms with Gasteiger partial charge in [-0.25, -0.2) is 9.50 Å². The molecule has 6 nitrogen and oxygen atoms in total. The van der Waals surface area contributed by atoms with Crippen LogP contribution in [0.15, 0.2) is 42.6 Å². The van der Waals surface area contributed by atoms with Crippen LogP contribution in [0.1, 0.15) is 13.8 Å². The van der Waals surface area contributed by atoms with Crippen LogP contribution in [-0.2, 0) is 0 Å². The third-order valence-electron chi connectivity index (χ3n) is 3.65. The number of likely N-dealkylation sites (N-methyl/N-ethyl adjacent to an activating group) is 1. The predicted octanol–water partition coefficient (Wildman–Crippen LogP) is 2.82. The second-order valence-electron chi connectivity index (χ2n) is 5.39. The number of hydrogen-bond donors (Lipinski definition) is 2. The normalized spacial score (nSPS) is 10.9. The summed E-state index contributed by atoms with van der Waals surface area (Å²) in [6.45, 7) is 7.40. The lowest BCUT2D eigenvalue weighted by Crippen LogP contribution is -2.20. The Morgan fingerprint density at radius 1 is 1.12 bits per heavy atom. The summed E-state index contributed by atoms with van der Waals surface area (Å²) in [7, 11) is 0. The van der Waals surface area contributed by atoms with Gasteiger partial charge in [-0.1, -0.05) is 19.1 Å². The quantitative estimate of drug-likeness (QED) is 0.624. The Morgan fingerprint density at radius 2 is 2.04 bits per heavy atom. The molecule has 0 saturated carbocycles. The van der Waals surface area contributed by atoms with Crippen LogP contribution in [0.2, 0.25) is 0 Å². The number of imidazole rings is 1. The van der Waals surface area contributed by atoms with Crippen LogP contribution in [0.3, 0.4) is 0 Å².